The average molecular weight is 401 g/mol. The molecule has 2 aromatic carbocycles. The molecule has 3 rings (SSSR count). The van der Waals surface area contributed by atoms with Gasteiger partial charge in [-0.25, -0.2) is 4.79 Å². The van der Waals surface area contributed by atoms with Crippen molar-refractivity contribution in [3.05, 3.63) is 58.6 Å². The highest BCUT2D eigenvalue weighted by Gasteiger charge is 2.25. The van der Waals surface area contributed by atoms with Gasteiger partial charge in [0.2, 0.25) is 5.91 Å². The quantitative estimate of drug-likeness (QED) is 0.771. The van der Waals surface area contributed by atoms with Crippen molar-refractivity contribution in [2.45, 2.75) is 32.8 Å². The molecule has 0 aromatic heterocycles. The minimum absolute atomic E-state index is 0.0293. The Labute approximate surface area is 168 Å². The van der Waals surface area contributed by atoms with Crippen LogP contribution >= 0.6 is 11.6 Å². The number of carbonyl (C=O) groups excluding carboxylic acids is 3. The third-order valence-corrected chi connectivity index (χ3v) is 4.80. The van der Waals surface area contributed by atoms with Gasteiger partial charge in [-0.1, -0.05) is 23.7 Å². The SMILES string of the molecule is Cc1cccc(NC(=O)[C@@H](C)OC(=O)c2ccc(Cl)c(N3CCCC3=O)c2)c1. The number of hydrogen-bond donors (Lipinski definition) is 1. The second-order valence-electron chi connectivity index (χ2n) is 6.72. The van der Waals surface area contributed by atoms with Crippen molar-refractivity contribution < 1.29 is 19.1 Å². The smallest absolute Gasteiger partial charge is 0.338 e. The summed E-state index contributed by atoms with van der Waals surface area (Å²) in [4.78, 5) is 38.3. The van der Waals surface area contributed by atoms with Crippen molar-refractivity contribution in [1.29, 1.82) is 0 Å². The highest BCUT2D eigenvalue weighted by molar-refractivity contribution is 6.34. The molecule has 1 saturated heterocycles. The molecule has 2 amide bonds. The first kappa shape index (κ1) is 19.9. The van der Waals surface area contributed by atoms with E-state index in [1.807, 2.05) is 25.1 Å². The minimum atomic E-state index is -0.986. The summed E-state index contributed by atoms with van der Waals surface area (Å²) in [5.74, 6) is -1.11. The van der Waals surface area contributed by atoms with E-state index in [0.717, 1.165) is 12.0 Å². The lowest BCUT2D eigenvalue weighted by Gasteiger charge is -2.19. The molecular formula is C21H21ClN2O4. The van der Waals surface area contributed by atoms with Gasteiger partial charge in [0.1, 0.15) is 0 Å². The van der Waals surface area contributed by atoms with Crippen molar-refractivity contribution in [2.75, 3.05) is 16.8 Å². The molecule has 7 heteroatoms. The number of nitrogens with one attached hydrogen (secondary N) is 1. The Kier molecular flexibility index (Phi) is 5.99. The Morgan fingerprint density at radius 1 is 1.21 bits per heavy atom. The van der Waals surface area contributed by atoms with Gasteiger partial charge in [-0.3, -0.25) is 9.59 Å². The Bertz CT molecular complexity index is 928. The van der Waals surface area contributed by atoms with Crippen LogP contribution in [0.15, 0.2) is 42.5 Å². The van der Waals surface area contributed by atoms with Crippen LogP contribution in [0.4, 0.5) is 11.4 Å². The van der Waals surface area contributed by atoms with Gasteiger partial charge >= 0.3 is 5.97 Å². The summed E-state index contributed by atoms with van der Waals surface area (Å²) >= 11 is 6.20. The number of benzene rings is 2. The van der Waals surface area contributed by atoms with Gasteiger partial charge in [0.15, 0.2) is 6.10 Å². The van der Waals surface area contributed by atoms with Crippen molar-refractivity contribution in [3.8, 4) is 0 Å². The second-order valence-corrected chi connectivity index (χ2v) is 7.13. The number of ether oxygens (including phenoxy) is 1. The van der Waals surface area contributed by atoms with E-state index in [4.69, 9.17) is 16.3 Å². The predicted octanol–water partition coefficient (Wildman–Crippen LogP) is 3.96. The molecule has 0 aliphatic carbocycles. The Balaban J connectivity index is 1.68. The third-order valence-electron chi connectivity index (χ3n) is 4.48. The lowest BCUT2D eigenvalue weighted by molar-refractivity contribution is -0.123. The van der Waals surface area contributed by atoms with Crippen molar-refractivity contribution in [1.82, 2.24) is 0 Å². The molecule has 0 saturated carbocycles. The van der Waals surface area contributed by atoms with E-state index in [1.54, 1.807) is 17.0 Å². The van der Waals surface area contributed by atoms with Crippen LogP contribution in [-0.4, -0.2) is 30.4 Å². The van der Waals surface area contributed by atoms with E-state index in [-0.39, 0.29) is 11.5 Å². The number of rotatable bonds is 5. The lowest BCUT2D eigenvalue weighted by atomic mass is 10.2. The Morgan fingerprint density at radius 3 is 2.68 bits per heavy atom. The molecule has 146 valence electrons. The van der Waals surface area contributed by atoms with E-state index in [0.29, 0.717) is 29.4 Å². The van der Waals surface area contributed by atoms with Crippen LogP contribution in [0, 0.1) is 6.92 Å². The number of halogens is 1. The molecule has 1 atom stereocenters. The molecular weight excluding hydrogens is 380 g/mol. The maximum absolute atomic E-state index is 12.5. The largest absolute Gasteiger partial charge is 0.449 e. The molecule has 1 N–H and O–H groups in total. The Hall–Kier alpha value is -2.86. The lowest BCUT2D eigenvalue weighted by Crippen LogP contribution is -2.30. The molecule has 1 aliphatic heterocycles. The summed E-state index contributed by atoms with van der Waals surface area (Å²) in [7, 11) is 0. The van der Waals surface area contributed by atoms with Crippen LogP contribution in [0.3, 0.4) is 0 Å². The van der Waals surface area contributed by atoms with Gasteiger partial charge < -0.3 is 15.0 Å². The monoisotopic (exact) mass is 400 g/mol. The fraction of sp³-hybridized carbons (Fsp3) is 0.286. The van der Waals surface area contributed by atoms with Crippen molar-refractivity contribution in [2.24, 2.45) is 0 Å². The molecule has 1 fully saturated rings. The van der Waals surface area contributed by atoms with E-state index in [9.17, 15) is 14.4 Å². The van der Waals surface area contributed by atoms with Crippen LogP contribution in [0.1, 0.15) is 35.7 Å². The van der Waals surface area contributed by atoms with E-state index < -0.39 is 18.0 Å². The summed E-state index contributed by atoms with van der Waals surface area (Å²) in [6, 6.07) is 11.9. The van der Waals surface area contributed by atoms with Gasteiger partial charge in [-0.15, -0.1) is 0 Å². The van der Waals surface area contributed by atoms with Crippen LogP contribution in [0.5, 0.6) is 0 Å². The number of esters is 1. The molecule has 1 heterocycles. The van der Waals surface area contributed by atoms with Gasteiger partial charge in [-0.2, -0.15) is 0 Å². The van der Waals surface area contributed by atoms with Crippen LogP contribution in [-0.2, 0) is 14.3 Å². The summed E-state index contributed by atoms with van der Waals surface area (Å²) in [5.41, 5.74) is 2.35. The average Bonchev–Trinajstić information content (AvgIpc) is 3.07. The molecule has 1 aliphatic rings. The van der Waals surface area contributed by atoms with E-state index in [2.05, 4.69) is 5.32 Å². The minimum Gasteiger partial charge on any atom is -0.449 e. The third kappa shape index (κ3) is 4.51. The number of hydrogen-bond acceptors (Lipinski definition) is 4. The summed E-state index contributed by atoms with van der Waals surface area (Å²) < 4.78 is 5.29. The van der Waals surface area contributed by atoms with Gasteiger partial charge in [0.05, 0.1) is 16.3 Å². The molecule has 0 unspecified atom stereocenters. The molecule has 28 heavy (non-hydrogen) atoms. The standard InChI is InChI=1S/C21H21ClN2O4/c1-13-5-3-6-16(11-13)23-20(26)14(2)28-21(27)15-8-9-17(22)18(12-15)24-10-4-7-19(24)25/h3,5-6,8-9,11-12,14H,4,7,10H2,1-2H3,(H,23,26)/t14-/m1/s1. The zero-order valence-electron chi connectivity index (χ0n) is 15.7. The molecule has 0 bridgehead atoms. The number of nitrogens with zero attached hydrogens (tertiary/aromatic N) is 1. The number of amides is 2. The van der Waals surface area contributed by atoms with E-state index >= 15 is 0 Å². The molecule has 0 radical (unpaired) electrons. The normalized spacial score (nSPS) is 14.7. The zero-order chi connectivity index (χ0) is 20.3. The van der Waals surface area contributed by atoms with Crippen LogP contribution in [0.2, 0.25) is 5.02 Å². The highest BCUT2D eigenvalue weighted by atomic mass is 35.5. The first-order valence-corrected chi connectivity index (χ1v) is 9.41. The summed E-state index contributed by atoms with van der Waals surface area (Å²) in [6.45, 7) is 3.98. The first-order valence-electron chi connectivity index (χ1n) is 9.03. The summed E-state index contributed by atoms with van der Waals surface area (Å²) in [5, 5.41) is 3.11. The van der Waals surface area contributed by atoms with Gasteiger partial charge in [0.25, 0.3) is 5.91 Å². The van der Waals surface area contributed by atoms with E-state index in [1.165, 1.54) is 19.1 Å². The fourth-order valence-corrected chi connectivity index (χ4v) is 3.22. The molecule has 0 spiro atoms. The fourth-order valence-electron chi connectivity index (χ4n) is 3.00. The number of carbonyl (C=O) groups is 3. The summed E-state index contributed by atoms with van der Waals surface area (Å²) in [6.07, 6.45) is 0.224. The molecule has 2 aromatic rings. The van der Waals surface area contributed by atoms with Gasteiger partial charge in [0, 0.05) is 18.7 Å². The predicted molar refractivity (Wildman–Crippen MR) is 108 cm³/mol. The highest BCUT2D eigenvalue weighted by Crippen LogP contribution is 2.30. The first-order chi connectivity index (χ1) is 13.3. The van der Waals surface area contributed by atoms with Crippen LogP contribution < -0.4 is 10.2 Å². The van der Waals surface area contributed by atoms with Crippen LogP contribution in [0.25, 0.3) is 0 Å². The molecule has 6 nitrogen and oxygen atoms in total. The maximum Gasteiger partial charge on any atom is 0.338 e. The van der Waals surface area contributed by atoms with Crippen molar-refractivity contribution in [3.63, 3.8) is 0 Å². The van der Waals surface area contributed by atoms with Gasteiger partial charge in [-0.05, 0) is 56.2 Å². The second kappa shape index (κ2) is 8.44. The number of aryl methyl sites for hydroxylation is 1. The van der Waals surface area contributed by atoms with Crippen molar-refractivity contribution >= 4 is 40.8 Å². The number of anilines is 2. The zero-order valence-corrected chi connectivity index (χ0v) is 16.5. The Morgan fingerprint density at radius 2 is 2.00 bits per heavy atom. The topological polar surface area (TPSA) is 75.7 Å². The maximum atomic E-state index is 12.5.